The summed E-state index contributed by atoms with van der Waals surface area (Å²) in [5.74, 6) is 0.209. The first-order valence-corrected chi connectivity index (χ1v) is 12.5. The summed E-state index contributed by atoms with van der Waals surface area (Å²) in [6.07, 6.45) is -2.45. The molecule has 2 saturated heterocycles. The fraction of sp³-hybridized carbons (Fsp3) is 0.550. The van der Waals surface area contributed by atoms with E-state index in [1.165, 1.54) is 26.0 Å². The molecule has 18 heteroatoms. The Hall–Kier alpha value is -3.15. The van der Waals surface area contributed by atoms with Gasteiger partial charge in [-0.15, -0.1) is 9.05 Å². The van der Waals surface area contributed by atoms with Gasteiger partial charge in [-0.05, 0) is 0 Å². The van der Waals surface area contributed by atoms with Crippen LogP contribution in [0.15, 0.2) is 34.5 Å². The maximum atomic E-state index is 12.7. The predicted molar refractivity (Wildman–Crippen MR) is 126 cm³/mol. The van der Waals surface area contributed by atoms with E-state index in [-0.39, 0.29) is 18.8 Å². The second-order valence-electron chi connectivity index (χ2n) is 8.57. The number of hydrogen-bond donors (Lipinski definition) is 4. The number of H-pyrrole nitrogens is 1. The average Bonchev–Trinajstić information content (AvgIpc) is 3.58. The largest absolute Gasteiger partial charge is 0.697 e. The standard InChI is InChI=1S/C20H24N7O10P/c1-33-16-15(10(5-28)36-19(16)26-3-2-12(30)25-20(26)31)37-38(32)34-6-11-9(29)4-13(35-11)27-8-24-14-17(21)22-7-23-18(14)27/h2-3,7-11,13,15-16,19,28-29H,4-6H2,1H3,(H2-,21,22,23,25,30,31)/p+1/t9-,10-,11-,13-,15?,16+,19-/m1/s1. The monoisotopic (exact) mass is 554 g/mol. The van der Waals surface area contributed by atoms with E-state index in [0.29, 0.717) is 11.2 Å². The van der Waals surface area contributed by atoms with Gasteiger partial charge in [0.2, 0.25) is 0 Å². The number of imidazole rings is 1. The summed E-state index contributed by atoms with van der Waals surface area (Å²) in [5, 5.41) is 20.3. The first-order chi connectivity index (χ1) is 18.3. The SMILES string of the molecule is CO[C@H]1C(O[P+](=O)OC[C@H]2O[C@@H](n3cnc4c(N)ncnc43)C[C@H]2O)[C@@H](CO)O[C@H]1n1ccc(=O)[nH]c1=O. The lowest BCUT2D eigenvalue weighted by molar-refractivity contribution is -0.0625. The molecule has 3 aromatic rings. The maximum Gasteiger partial charge on any atom is 0.697 e. The van der Waals surface area contributed by atoms with Gasteiger partial charge in [0.25, 0.3) is 5.56 Å². The molecule has 0 bridgehead atoms. The van der Waals surface area contributed by atoms with Crippen LogP contribution in [0.25, 0.3) is 11.2 Å². The van der Waals surface area contributed by atoms with Crippen LogP contribution in [0.3, 0.4) is 0 Å². The van der Waals surface area contributed by atoms with Crippen molar-refractivity contribution in [2.45, 2.75) is 49.4 Å². The number of nitrogens with two attached hydrogens (primary N) is 1. The molecule has 0 aliphatic carbocycles. The Morgan fingerprint density at radius 3 is 2.76 bits per heavy atom. The number of ether oxygens (including phenoxy) is 3. The molecule has 3 aromatic heterocycles. The zero-order valence-electron chi connectivity index (χ0n) is 19.9. The Kier molecular flexibility index (Phi) is 7.60. The third-order valence-corrected chi connectivity index (χ3v) is 7.09. The van der Waals surface area contributed by atoms with E-state index in [9.17, 15) is 24.4 Å². The molecule has 2 fully saturated rings. The topological polar surface area (TPSA) is 228 Å². The quantitative estimate of drug-likeness (QED) is 0.222. The van der Waals surface area contributed by atoms with Crippen molar-refractivity contribution in [3.8, 4) is 0 Å². The molecule has 0 radical (unpaired) electrons. The number of aromatic nitrogens is 6. The fourth-order valence-electron chi connectivity index (χ4n) is 4.47. The zero-order valence-corrected chi connectivity index (χ0v) is 20.8. The number of methoxy groups -OCH3 is 1. The highest BCUT2D eigenvalue weighted by Gasteiger charge is 2.52. The number of rotatable bonds is 9. The lowest BCUT2D eigenvalue weighted by atomic mass is 10.1. The van der Waals surface area contributed by atoms with Gasteiger partial charge in [-0.3, -0.25) is 18.9 Å². The van der Waals surface area contributed by atoms with Gasteiger partial charge in [-0.1, -0.05) is 0 Å². The molecule has 2 aliphatic heterocycles. The molecule has 17 nitrogen and oxygen atoms in total. The van der Waals surface area contributed by atoms with Gasteiger partial charge in [0.15, 0.2) is 23.8 Å². The van der Waals surface area contributed by atoms with Gasteiger partial charge in [0.05, 0.1) is 19.0 Å². The molecule has 0 aromatic carbocycles. The van der Waals surface area contributed by atoms with E-state index >= 15 is 0 Å². The number of aromatic amines is 1. The van der Waals surface area contributed by atoms with E-state index in [4.69, 9.17) is 29.0 Å². The molecule has 0 saturated carbocycles. The van der Waals surface area contributed by atoms with Crippen molar-refractivity contribution in [2.75, 3.05) is 26.1 Å². The number of anilines is 1. The van der Waals surface area contributed by atoms with Crippen LogP contribution in [0, 0.1) is 0 Å². The highest BCUT2D eigenvalue weighted by atomic mass is 31.1. The fourth-order valence-corrected chi connectivity index (χ4v) is 5.25. The van der Waals surface area contributed by atoms with Gasteiger partial charge in [0, 0.05) is 30.4 Å². The van der Waals surface area contributed by atoms with E-state index in [1.807, 2.05) is 0 Å². The summed E-state index contributed by atoms with van der Waals surface area (Å²) in [7, 11) is -1.48. The number of aliphatic hydroxyl groups is 2. The van der Waals surface area contributed by atoms with Crippen molar-refractivity contribution in [1.82, 2.24) is 29.1 Å². The van der Waals surface area contributed by atoms with E-state index in [2.05, 4.69) is 19.9 Å². The summed E-state index contributed by atoms with van der Waals surface area (Å²) in [6, 6.07) is 1.12. The molecular formula is C20H25N7O10P+. The Bertz CT molecular complexity index is 1430. The van der Waals surface area contributed by atoms with Gasteiger partial charge < -0.3 is 30.2 Å². The van der Waals surface area contributed by atoms with E-state index in [1.54, 1.807) is 4.57 Å². The highest BCUT2D eigenvalue weighted by molar-refractivity contribution is 7.33. The normalized spacial score (nSPS) is 29.8. The summed E-state index contributed by atoms with van der Waals surface area (Å²) in [5.41, 5.74) is 5.29. The molecule has 5 N–H and O–H groups in total. The lowest BCUT2D eigenvalue weighted by Gasteiger charge is -2.20. The summed E-state index contributed by atoms with van der Waals surface area (Å²) in [6.45, 7) is -0.824. The Morgan fingerprint density at radius 1 is 1.21 bits per heavy atom. The molecule has 8 atom stereocenters. The number of hydrogen-bond acceptors (Lipinski definition) is 14. The molecular weight excluding hydrogens is 529 g/mol. The molecule has 204 valence electrons. The Balaban J connectivity index is 1.22. The average molecular weight is 554 g/mol. The Morgan fingerprint density at radius 2 is 2.03 bits per heavy atom. The smallest absolute Gasteiger partial charge is 0.394 e. The van der Waals surface area contributed by atoms with Crippen molar-refractivity contribution >= 4 is 25.2 Å². The number of fused-ring (bicyclic) bond motifs is 1. The van der Waals surface area contributed by atoms with Gasteiger partial charge in [0.1, 0.15) is 43.0 Å². The van der Waals surface area contributed by atoms with Crippen molar-refractivity contribution in [3.05, 3.63) is 45.8 Å². The third kappa shape index (κ3) is 4.97. The van der Waals surface area contributed by atoms with Crippen molar-refractivity contribution < 1.29 is 38.0 Å². The van der Waals surface area contributed by atoms with Crippen molar-refractivity contribution in [1.29, 1.82) is 0 Å². The zero-order chi connectivity index (χ0) is 27.0. The van der Waals surface area contributed by atoms with Crippen LogP contribution in [-0.2, 0) is 27.8 Å². The van der Waals surface area contributed by atoms with Crippen LogP contribution in [0.2, 0.25) is 0 Å². The van der Waals surface area contributed by atoms with Crippen LogP contribution in [0.5, 0.6) is 0 Å². The second-order valence-corrected chi connectivity index (χ2v) is 9.49. The van der Waals surface area contributed by atoms with Gasteiger partial charge in [-0.2, -0.15) is 0 Å². The van der Waals surface area contributed by atoms with Gasteiger partial charge in [-0.25, -0.2) is 19.7 Å². The summed E-state index contributed by atoms with van der Waals surface area (Å²) in [4.78, 5) is 38.0. The first-order valence-electron chi connectivity index (χ1n) is 11.4. The third-order valence-electron chi connectivity index (χ3n) is 6.32. The molecule has 5 rings (SSSR count). The minimum absolute atomic E-state index is 0.186. The maximum absolute atomic E-state index is 12.7. The second kappa shape index (κ2) is 10.9. The molecule has 38 heavy (non-hydrogen) atoms. The van der Waals surface area contributed by atoms with Crippen LogP contribution in [0.4, 0.5) is 5.82 Å². The van der Waals surface area contributed by atoms with Crippen LogP contribution < -0.4 is 17.0 Å². The van der Waals surface area contributed by atoms with Crippen LogP contribution >= 0.6 is 8.25 Å². The number of nitrogens with one attached hydrogen (secondary N) is 1. The lowest BCUT2D eigenvalue weighted by Crippen LogP contribution is -2.39. The van der Waals surface area contributed by atoms with E-state index in [0.717, 1.165) is 10.6 Å². The number of aliphatic hydroxyl groups excluding tert-OH is 2. The number of nitrogens with zero attached hydrogens (tertiary/aromatic N) is 5. The van der Waals surface area contributed by atoms with Crippen molar-refractivity contribution in [2.24, 2.45) is 0 Å². The highest BCUT2D eigenvalue weighted by Crippen LogP contribution is 2.39. The molecule has 0 spiro atoms. The minimum Gasteiger partial charge on any atom is -0.394 e. The summed E-state index contributed by atoms with van der Waals surface area (Å²) < 4.78 is 43.2. The first kappa shape index (κ1) is 26.5. The van der Waals surface area contributed by atoms with E-state index < -0.39 is 69.1 Å². The van der Waals surface area contributed by atoms with Crippen molar-refractivity contribution in [3.63, 3.8) is 0 Å². The summed E-state index contributed by atoms with van der Waals surface area (Å²) >= 11 is 0. The van der Waals surface area contributed by atoms with Crippen LogP contribution in [-0.4, -0.2) is 90.1 Å². The molecule has 5 heterocycles. The molecule has 0 amide bonds. The predicted octanol–water partition coefficient (Wildman–Crippen LogP) is -1.43. The number of nitrogen functional groups attached to an aromatic ring is 1. The Labute approximate surface area is 214 Å². The molecule has 2 unspecified atom stereocenters. The molecule has 2 aliphatic rings. The van der Waals surface area contributed by atoms with Crippen LogP contribution in [0.1, 0.15) is 18.9 Å². The van der Waals surface area contributed by atoms with Gasteiger partial charge >= 0.3 is 13.9 Å². The minimum atomic E-state index is -2.80.